The number of benzene rings is 6. The molecule has 8 rings (SSSR count). The molecular weight excluding hydrogens is 436 g/mol. The topological polar surface area (TPSA) is 9.86 Å². The molecule has 0 aliphatic carbocycles. The molecule has 0 N–H and O–H groups in total. The van der Waals surface area contributed by atoms with Gasteiger partial charge in [0.05, 0.1) is 22.1 Å². The predicted molar refractivity (Wildman–Crippen MR) is 153 cm³/mol. The highest BCUT2D eigenvalue weighted by Gasteiger charge is 2.23. The summed E-state index contributed by atoms with van der Waals surface area (Å²) in [5.41, 5.74) is 7.32. The van der Waals surface area contributed by atoms with E-state index < -0.39 is 0 Å². The molecule has 0 bridgehead atoms. The first kappa shape index (κ1) is 19.5. The van der Waals surface area contributed by atoms with Gasteiger partial charge >= 0.3 is 0 Å². The zero-order chi connectivity index (χ0) is 23.6. The van der Waals surface area contributed by atoms with Gasteiger partial charge in [0.15, 0.2) is 0 Å². The largest absolute Gasteiger partial charge is 0.307 e. The maximum Gasteiger partial charge on any atom is 0.0804 e. The lowest BCUT2D eigenvalue weighted by Gasteiger charge is -2.12. The Hall–Kier alpha value is -4.82. The summed E-state index contributed by atoms with van der Waals surface area (Å²) in [6, 6.07) is 48.2. The van der Waals surface area contributed by atoms with E-state index in [1.807, 2.05) is 0 Å². The number of hydrogen-bond donors (Lipinski definition) is 0. The Balaban J connectivity index is 1.65. The molecular formula is C34H22N2. The second kappa shape index (κ2) is 7.34. The molecule has 0 saturated carbocycles. The fourth-order valence-corrected chi connectivity index (χ4v) is 5.92. The molecule has 2 aromatic heterocycles. The molecule has 36 heavy (non-hydrogen) atoms. The van der Waals surface area contributed by atoms with Gasteiger partial charge in [0, 0.05) is 27.5 Å². The van der Waals surface area contributed by atoms with Crippen LogP contribution in [-0.4, -0.2) is 9.13 Å². The van der Waals surface area contributed by atoms with Crippen molar-refractivity contribution < 1.29 is 0 Å². The van der Waals surface area contributed by atoms with Crippen molar-refractivity contribution in [3.05, 3.63) is 133 Å². The van der Waals surface area contributed by atoms with Crippen LogP contribution in [0.1, 0.15) is 0 Å². The minimum absolute atomic E-state index is 1.18. The van der Waals surface area contributed by atoms with Crippen molar-refractivity contribution in [3.8, 4) is 11.4 Å². The second-order valence-corrected chi connectivity index (χ2v) is 9.44. The molecule has 2 heterocycles. The summed E-state index contributed by atoms with van der Waals surface area (Å²) in [4.78, 5) is 0. The minimum atomic E-state index is 1.18. The number of aromatic nitrogens is 2. The summed E-state index contributed by atoms with van der Waals surface area (Å²) >= 11 is 0. The molecule has 0 aliphatic rings. The zero-order valence-corrected chi connectivity index (χ0v) is 19.6. The van der Waals surface area contributed by atoms with Gasteiger partial charge in [-0.1, -0.05) is 103 Å². The molecule has 8 aromatic rings. The highest BCUT2D eigenvalue weighted by atomic mass is 15.1. The normalized spacial score (nSPS) is 11.9. The predicted octanol–water partition coefficient (Wildman–Crippen LogP) is 9.03. The molecule has 0 unspecified atom stereocenters. The fraction of sp³-hybridized carbons (Fsp3) is 0. The van der Waals surface area contributed by atoms with E-state index >= 15 is 0 Å². The van der Waals surface area contributed by atoms with Crippen molar-refractivity contribution in [2.24, 2.45) is 0 Å². The summed E-state index contributed by atoms with van der Waals surface area (Å²) in [5.74, 6) is 0. The van der Waals surface area contributed by atoms with Crippen molar-refractivity contribution in [2.75, 3.05) is 0 Å². The smallest absolute Gasteiger partial charge is 0.0804 e. The van der Waals surface area contributed by atoms with Crippen LogP contribution in [0.2, 0.25) is 0 Å². The van der Waals surface area contributed by atoms with E-state index in [2.05, 4.69) is 143 Å². The lowest BCUT2D eigenvalue weighted by molar-refractivity contribution is 1.18. The number of hydrogen-bond acceptors (Lipinski definition) is 0. The van der Waals surface area contributed by atoms with Crippen LogP contribution in [0.15, 0.2) is 133 Å². The number of nitrogens with zero attached hydrogens (tertiary/aromatic N) is 2. The van der Waals surface area contributed by atoms with E-state index in [-0.39, 0.29) is 0 Å². The van der Waals surface area contributed by atoms with E-state index in [1.165, 1.54) is 65.8 Å². The molecule has 0 saturated heterocycles. The third-order valence-corrected chi connectivity index (χ3v) is 7.46. The first-order valence-corrected chi connectivity index (χ1v) is 12.4. The highest BCUT2D eigenvalue weighted by Crippen LogP contribution is 2.43. The minimum Gasteiger partial charge on any atom is -0.307 e. The van der Waals surface area contributed by atoms with Crippen LogP contribution in [0.5, 0.6) is 0 Å². The summed E-state index contributed by atoms with van der Waals surface area (Å²) < 4.78 is 4.92. The fourth-order valence-electron chi connectivity index (χ4n) is 5.92. The molecule has 2 heteroatoms. The Labute approximate surface area is 208 Å². The van der Waals surface area contributed by atoms with Gasteiger partial charge in [-0.2, -0.15) is 0 Å². The van der Waals surface area contributed by atoms with E-state index in [0.717, 1.165) is 0 Å². The van der Waals surface area contributed by atoms with Crippen molar-refractivity contribution in [1.29, 1.82) is 0 Å². The molecule has 0 fully saturated rings. The van der Waals surface area contributed by atoms with Crippen LogP contribution < -0.4 is 0 Å². The molecule has 2 nitrogen and oxygen atoms in total. The molecule has 0 atom stereocenters. The van der Waals surface area contributed by atoms with Gasteiger partial charge in [-0.3, -0.25) is 0 Å². The lowest BCUT2D eigenvalue weighted by Crippen LogP contribution is -1.95. The van der Waals surface area contributed by atoms with E-state index in [0.29, 0.717) is 0 Å². The second-order valence-electron chi connectivity index (χ2n) is 9.44. The van der Waals surface area contributed by atoms with Gasteiger partial charge in [0.25, 0.3) is 0 Å². The standard InChI is InChI=1S/C34H22N2/c1-2-13-26(14-3-1)35-31-17-9-8-16-29(31)33-34(35)30-21-19-24-11-6-7-15-28(24)32(30)36(33)27-20-18-23-10-4-5-12-25(23)22-27/h1-22H. The van der Waals surface area contributed by atoms with Crippen LogP contribution in [0.4, 0.5) is 0 Å². The summed E-state index contributed by atoms with van der Waals surface area (Å²) in [5, 5.41) is 7.54. The van der Waals surface area contributed by atoms with Crippen molar-refractivity contribution >= 4 is 54.4 Å². The average molecular weight is 459 g/mol. The average Bonchev–Trinajstić information content (AvgIpc) is 3.46. The first-order chi connectivity index (χ1) is 17.9. The third-order valence-electron chi connectivity index (χ3n) is 7.46. The van der Waals surface area contributed by atoms with E-state index in [9.17, 15) is 0 Å². The van der Waals surface area contributed by atoms with Crippen molar-refractivity contribution in [1.82, 2.24) is 9.13 Å². The SMILES string of the molecule is c1ccc(-n2c3ccccc3c3c2c2ccc4ccccc4c2n3-c2ccc3ccccc3c2)cc1. The maximum absolute atomic E-state index is 2.49. The zero-order valence-electron chi connectivity index (χ0n) is 19.6. The van der Waals surface area contributed by atoms with Gasteiger partial charge in [-0.05, 0) is 46.5 Å². The quantitative estimate of drug-likeness (QED) is 0.244. The highest BCUT2D eigenvalue weighted by molar-refractivity contribution is 6.24. The van der Waals surface area contributed by atoms with Gasteiger partial charge in [-0.25, -0.2) is 0 Å². The molecule has 0 aliphatic heterocycles. The Kier molecular flexibility index (Phi) is 3.97. The number of para-hydroxylation sites is 2. The Morgan fingerprint density at radius 2 is 0.972 bits per heavy atom. The monoisotopic (exact) mass is 458 g/mol. The van der Waals surface area contributed by atoms with Crippen LogP contribution in [-0.2, 0) is 0 Å². The summed E-state index contributed by atoms with van der Waals surface area (Å²) in [6.45, 7) is 0. The van der Waals surface area contributed by atoms with E-state index in [4.69, 9.17) is 0 Å². The molecule has 0 radical (unpaired) electrons. The van der Waals surface area contributed by atoms with Crippen LogP contribution >= 0.6 is 0 Å². The van der Waals surface area contributed by atoms with Crippen molar-refractivity contribution in [2.45, 2.75) is 0 Å². The summed E-state index contributed by atoms with van der Waals surface area (Å²) in [7, 11) is 0. The maximum atomic E-state index is 2.49. The van der Waals surface area contributed by atoms with Gasteiger partial charge in [0.2, 0.25) is 0 Å². The molecule has 6 aromatic carbocycles. The lowest BCUT2D eigenvalue weighted by atomic mass is 10.1. The number of fused-ring (bicyclic) bond motifs is 8. The molecule has 168 valence electrons. The van der Waals surface area contributed by atoms with Crippen LogP contribution in [0, 0.1) is 0 Å². The first-order valence-electron chi connectivity index (χ1n) is 12.4. The third kappa shape index (κ3) is 2.61. The Morgan fingerprint density at radius 1 is 0.333 bits per heavy atom. The van der Waals surface area contributed by atoms with Gasteiger partial charge in [-0.15, -0.1) is 0 Å². The molecule has 0 spiro atoms. The number of rotatable bonds is 2. The molecule has 0 amide bonds. The Bertz CT molecular complexity index is 2090. The Morgan fingerprint density at radius 3 is 1.83 bits per heavy atom. The van der Waals surface area contributed by atoms with Crippen LogP contribution in [0.3, 0.4) is 0 Å². The van der Waals surface area contributed by atoms with Gasteiger partial charge < -0.3 is 9.13 Å². The van der Waals surface area contributed by atoms with Gasteiger partial charge in [0.1, 0.15) is 0 Å². The van der Waals surface area contributed by atoms with E-state index in [1.54, 1.807) is 0 Å². The van der Waals surface area contributed by atoms with Crippen LogP contribution in [0.25, 0.3) is 65.8 Å². The van der Waals surface area contributed by atoms with Crippen molar-refractivity contribution in [3.63, 3.8) is 0 Å². The summed E-state index contributed by atoms with van der Waals surface area (Å²) in [6.07, 6.45) is 0.